The molecule has 1 aromatic heterocycles. The molecule has 31 heavy (non-hydrogen) atoms. The van der Waals surface area contributed by atoms with Crippen LogP contribution in [0.2, 0.25) is 0 Å². The van der Waals surface area contributed by atoms with Gasteiger partial charge in [-0.15, -0.1) is 10.2 Å². The molecule has 2 heterocycles. The Hall–Kier alpha value is -3.20. The Morgan fingerprint density at radius 3 is 2.71 bits per heavy atom. The standard InChI is InChI=1S/C22H24N4O4S/c1-3-18(15-4-9-19-20(12-15)30-11-10-29-19)24-21(27)13-31-22-25-23-14-26(22)16-5-7-17(28-2)8-6-16/h4-9,12,14,18H,3,10-11,13H2,1-2H3,(H,24,27). The predicted molar refractivity (Wildman–Crippen MR) is 117 cm³/mol. The first-order valence-corrected chi connectivity index (χ1v) is 11.0. The lowest BCUT2D eigenvalue weighted by Gasteiger charge is -2.22. The number of hydrogen-bond donors (Lipinski definition) is 1. The van der Waals surface area contributed by atoms with E-state index < -0.39 is 0 Å². The number of thioether (sulfide) groups is 1. The SMILES string of the molecule is CCC(NC(=O)CSc1nncn1-c1ccc(OC)cc1)c1ccc2c(c1)OCCO2. The Labute approximate surface area is 184 Å². The van der Waals surface area contributed by atoms with Crippen LogP contribution in [0.4, 0.5) is 0 Å². The number of carbonyl (C=O) groups excluding carboxylic acids is 1. The third-order valence-electron chi connectivity index (χ3n) is 4.91. The molecular formula is C22H24N4O4S. The van der Waals surface area contributed by atoms with Crippen LogP contribution >= 0.6 is 11.8 Å². The Morgan fingerprint density at radius 2 is 1.97 bits per heavy atom. The van der Waals surface area contributed by atoms with Crippen molar-refractivity contribution < 1.29 is 19.0 Å². The zero-order valence-electron chi connectivity index (χ0n) is 17.4. The van der Waals surface area contributed by atoms with Crippen LogP contribution in [0, 0.1) is 0 Å². The molecule has 3 aromatic rings. The minimum Gasteiger partial charge on any atom is -0.497 e. The molecule has 0 aliphatic carbocycles. The Kier molecular flexibility index (Phi) is 6.61. The summed E-state index contributed by atoms with van der Waals surface area (Å²) < 4.78 is 18.3. The van der Waals surface area contributed by atoms with Gasteiger partial charge in [-0.3, -0.25) is 9.36 Å². The van der Waals surface area contributed by atoms with Crippen molar-refractivity contribution in [2.45, 2.75) is 24.5 Å². The van der Waals surface area contributed by atoms with Crippen molar-refractivity contribution in [2.75, 3.05) is 26.1 Å². The van der Waals surface area contributed by atoms with Gasteiger partial charge in [-0.05, 0) is 48.4 Å². The van der Waals surface area contributed by atoms with Crippen molar-refractivity contribution in [3.05, 3.63) is 54.4 Å². The number of ether oxygens (including phenoxy) is 3. The summed E-state index contributed by atoms with van der Waals surface area (Å²) in [7, 11) is 1.63. The summed E-state index contributed by atoms with van der Waals surface area (Å²) in [5.74, 6) is 2.39. The molecule has 2 aromatic carbocycles. The van der Waals surface area contributed by atoms with Crippen molar-refractivity contribution in [1.29, 1.82) is 0 Å². The lowest BCUT2D eigenvalue weighted by atomic mass is 10.0. The lowest BCUT2D eigenvalue weighted by molar-refractivity contribution is -0.119. The molecule has 162 valence electrons. The highest BCUT2D eigenvalue weighted by molar-refractivity contribution is 7.99. The van der Waals surface area contributed by atoms with E-state index in [2.05, 4.69) is 15.5 Å². The number of rotatable bonds is 8. The highest BCUT2D eigenvalue weighted by Gasteiger charge is 2.18. The van der Waals surface area contributed by atoms with E-state index in [1.807, 2.05) is 54.0 Å². The van der Waals surface area contributed by atoms with Gasteiger partial charge in [0, 0.05) is 5.69 Å². The van der Waals surface area contributed by atoms with Crippen LogP contribution < -0.4 is 19.5 Å². The Bertz CT molecular complexity index is 1040. The van der Waals surface area contributed by atoms with Crippen LogP contribution in [-0.4, -0.2) is 46.7 Å². The monoisotopic (exact) mass is 440 g/mol. The van der Waals surface area contributed by atoms with E-state index in [9.17, 15) is 4.79 Å². The molecule has 0 saturated heterocycles. The Balaban J connectivity index is 1.38. The van der Waals surface area contributed by atoms with E-state index >= 15 is 0 Å². The maximum absolute atomic E-state index is 12.6. The molecule has 0 spiro atoms. The van der Waals surface area contributed by atoms with Crippen LogP contribution in [0.3, 0.4) is 0 Å². The van der Waals surface area contributed by atoms with E-state index in [0.29, 0.717) is 18.4 Å². The smallest absolute Gasteiger partial charge is 0.230 e. The summed E-state index contributed by atoms with van der Waals surface area (Å²) in [5.41, 5.74) is 1.89. The first-order chi connectivity index (χ1) is 15.2. The van der Waals surface area contributed by atoms with Crippen LogP contribution in [0.1, 0.15) is 24.9 Å². The quantitative estimate of drug-likeness (QED) is 0.537. The van der Waals surface area contributed by atoms with E-state index in [0.717, 1.165) is 34.9 Å². The van der Waals surface area contributed by atoms with Gasteiger partial charge in [-0.1, -0.05) is 24.8 Å². The summed E-state index contributed by atoms with van der Waals surface area (Å²) >= 11 is 1.34. The molecule has 1 amide bonds. The largest absolute Gasteiger partial charge is 0.497 e. The molecule has 0 bridgehead atoms. The molecular weight excluding hydrogens is 416 g/mol. The van der Waals surface area contributed by atoms with Crippen LogP contribution in [0.15, 0.2) is 53.9 Å². The van der Waals surface area contributed by atoms with E-state index in [1.165, 1.54) is 11.8 Å². The minimum atomic E-state index is -0.108. The number of nitrogens with one attached hydrogen (secondary N) is 1. The second-order valence-corrected chi connectivity index (χ2v) is 7.84. The molecule has 1 atom stereocenters. The first-order valence-electron chi connectivity index (χ1n) is 10.0. The number of amides is 1. The predicted octanol–water partition coefficient (Wildman–Crippen LogP) is 3.41. The number of nitrogens with zero attached hydrogens (tertiary/aromatic N) is 3. The normalized spacial score (nSPS) is 13.5. The van der Waals surface area contributed by atoms with Gasteiger partial charge >= 0.3 is 0 Å². The third kappa shape index (κ3) is 4.93. The summed E-state index contributed by atoms with van der Waals surface area (Å²) in [5, 5.41) is 11.9. The fourth-order valence-electron chi connectivity index (χ4n) is 3.31. The van der Waals surface area contributed by atoms with Crippen molar-refractivity contribution in [3.63, 3.8) is 0 Å². The van der Waals surface area contributed by atoms with Crippen LogP contribution in [0.5, 0.6) is 17.2 Å². The van der Waals surface area contributed by atoms with Gasteiger partial charge in [-0.2, -0.15) is 0 Å². The molecule has 8 nitrogen and oxygen atoms in total. The van der Waals surface area contributed by atoms with Gasteiger partial charge in [0.25, 0.3) is 0 Å². The number of fused-ring (bicyclic) bond motifs is 1. The second-order valence-electron chi connectivity index (χ2n) is 6.90. The average molecular weight is 441 g/mol. The zero-order valence-corrected chi connectivity index (χ0v) is 18.2. The van der Waals surface area contributed by atoms with Crippen molar-refractivity contribution in [2.24, 2.45) is 0 Å². The molecule has 0 saturated carbocycles. The van der Waals surface area contributed by atoms with Gasteiger partial charge in [0.05, 0.1) is 18.9 Å². The summed E-state index contributed by atoms with van der Waals surface area (Å²) in [6.45, 7) is 3.12. The van der Waals surface area contributed by atoms with Crippen molar-refractivity contribution in [3.8, 4) is 22.9 Å². The van der Waals surface area contributed by atoms with E-state index in [4.69, 9.17) is 14.2 Å². The molecule has 1 unspecified atom stereocenters. The highest BCUT2D eigenvalue weighted by Crippen LogP contribution is 2.33. The number of carbonyl (C=O) groups is 1. The van der Waals surface area contributed by atoms with Crippen LogP contribution in [0.25, 0.3) is 5.69 Å². The van der Waals surface area contributed by atoms with Crippen molar-refractivity contribution in [1.82, 2.24) is 20.1 Å². The summed E-state index contributed by atoms with van der Waals surface area (Å²) in [4.78, 5) is 12.6. The second kappa shape index (κ2) is 9.74. The van der Waals surface area contributed by atoms with Gasteiger partial charge in [-0.25, -0.2) is 0 Å². The third-order valence-corrected chi connectivity index (χ3v) is 5.85. The Morgan fingerprint density at radius 1 is 1.19 bits per heavy atom. The van der Waals surface area contributed by atoms with Gasteiger partial charge in [0.2, 0.25) is 5.91 Å². The molecule has 1 N–H and O–H groups in total. The molecule has 0 radical (unpaired) electrons. The number of hydrogen-bond acceptors (Lipinski definition) is 7. The first kappa shape index (κ1) is 21.0. The van der Waals surface area contributed by atoms with Crippen LogP contribution in [-0.2, 0) is 4.79 Å². The fraction of sp³-hybridized carbons (Fsp3) is 0.318. The summed E-state index contributed by atoms with van der Waals surface area (Å²) in [6.07, 6.45) is 2.39. The molecule has 0 fully saturated rings. The number of benzene rings is 2. The number of methoxy groups -OCH3 is 1. The molecule has 4 rings (SSSR count). The minimum absolute atomic E-state index is 0.0731. The van der Waals surface area contributed by atoms with E-state index in [1.54, 1.807) is 13.4 Å². The lowest BCUT2D eigenvalue weighted by Crippen LogP contribution is -2.29. The number of aromatic nitrogens is 3. The van der Waals surface area contributed by atoms with E-state index in [-0.39, 0.29) is 17.7 Å². The van der Waals surface area contributed by atoms with Gasteiger partial charge < -0.3 is 19.5 Å². The topological polar surface area (TPSA) is 87.5 Å². The summed E-state index contributed by atoms with van der Waals surface area (Å²) in [6, 6.07) is 13.3. The highest BCUT2D eigenvalue weighted by atomic mass is 32.2. The van der Waals surface area contributed by atoms with Gasteiger partial charge in [0.15, 0.2) is 16.7 Å². The molecule has 1 aliphatic rings. The molecule has 9 heteroatoms. The van der Waals surface area contributed by atoms with Crippen molar-refractivity contribution >= 4 is 17.7 Å². The zero-order chi connectivity index (χ0) is 21.6. The molecule has 1 aliphatic heterocycles. The van der Waals surface area contributed by atoms with Gasteiger partial charge in [0.1, 0.15) is 25.3 Å². The maximum Gasteiger partial charge on any atom is 0.230 e. The maximum atomic E-state index is 12.6. The fourth-order valence-corrected chi connectivity index (χ4v) is 4.05. The average Bonchev–Trinajstić information content (AvgIpc) is 3.29.